The molecule has 158 valence electrons. The highest BCUT2D eigenvalue weighted by Gasteiger charge is 2.16. The molecule has 0 aliphatic heterocycles. The first-order valence-corrected chi connectivity index (χ1v) is 10.5. The Morgan fingerprint density at radius 1 is 1.03 bits per heavy atom. The fourth-order valence-electron chi connectivity index (χ4n) is 3.70. The van der Waals surface area contributed by atoms with Crippen molar-refractivity contribution in [2.45, 2.75) is 53.1 Å². The van der Waals surface area contributed by atoms with Crippen LogP contribution >= 0.6 is 0 Å². The lowest BCUT2D eigenvalue weighted by molar-refractivity contribution is 0.0697. The smallest absolute Gasteiger partial charge is 0.336 e. The number of rotatable bonds is 8. The molecule has 0 radical (unpaired) electrons. The second kappa shape index (κ2) is 9.16. The molecule has 1 atom stereocenters. The predicted octanol–water partition coefficient (Wildman–Crippen LogP) is 5.23. The monoisotopic (exact) mass is 406 g/mol. The normalized spacial score (nSPS) is 12.3. The van der Waals surface area contributed by atoms with Crippen molar-refractivity contribution >= 4 is 5.97 Å². The molecule has 1 aromatic heterocycles. The fourth-order valence-corrected chi connectivity index (χ4v) is 3.70. The van der Waals surface area contributed by atoms with Gasteiger partial charge >= 0.3 is 11.7 Å². The van der Waals surface area contributed by atoms with Gasteiger partial charge in [-0.1, -0.05) is 63.2 Å². The Kier molecular flexibility index (Phi) is 6.60. The highest BCUT2D eigenvalue weighted by atomic mass is 16.4. The Bertz CT molecular complexity index is 1070. The Balaban J connectivity index is 1.93. The quantitative estimate of drug-likeness (QED) is 0.557. The van der Waals surface area contributed by atoms with E-state index in [2.05, 4.69) is 27.7 Å². The molecule has 0 spiro atoms. The Morgan fingerprint density at radius 3 is 2.30 bits per heavy atom. The molecule has 30 heavy (non-hydrogen) atoms. The van der Waals surface area contributed by atoms with Crippen LogP contribution in [-0.2, 0) is 13.0 Å². The van der Waals surface area contributed by atoms with E-state index in [0.29, 0.717) is 18.0 Å². The SMILES string of the molecule is CCC(C)n1cc(CC(C)C)n(Cc2ccc(-c3ccccc3C(=O)O)cc2)c1=O. The maximum Gasteiger partial charge on any atom is 0.336 e. The molecular weight excluding hydrogens is 376 g/mol. The van der Waals surface area contributed by atoms with Crippen LogP contribution in [0.4, 0.5) is 0 Å². The molecule has 1 heterocycles. The summed E-state index contributed by atoms with van der Waals surface area (Å²) in [4.78, 5) is 24.6. The number of hydrogen-bond donors (Lipinski definition) is 1. The summed E-state index contributed by atoms with van der Waals surface area (Å²) in [6.07, 6.45) is 3.76. The lowest BCUT2D eigenvalue weighted by Gasteiger charge is -2.11. The van der Waals surface area contributed by atoms with Crippen molar-refractivity contribution in [3.63, 3.8) is 0 Å². The van der Waals surface area contributed by atoms with Crippen molar-refractivity contribution in [1.82, 2.24) is 9.13 Å². The van der Waals surface area contributed by atoms with Gasteiger partial charge in [0, 0.05) is 17.9 Å². The van der Waals surface area contributed by atoms with Gasteiger partial charge in [0.2, 0.25) is 0 Å². The van der Waals surface area contributed by atoms with Crippen LogP contribution in [0.1, 0.15) is 61.8 Å². The Labute approximate surface area is 177 Å². The predicted molar refractivity (Wildman–Crippen MR) is 120 cm³/mol. The van der Waals surface area contributed by atoms with E-state index in [4.69, 9.17) is 0 Å². The summed E-state index contributed by atoms with van der Waals surface area (Å²) < 4.78 is 3.71. The summed E-state index contributed by atoms with van der Waals surface area (Å²) in [6, 6.07) is 15.0. The van der Waals surface area contributed by atoms with Crippen molar-refractivity contribution in [3.8, 4) is 11.1 Å². The second-order valence-corrected chi connectivity index (χ2v) is 8.30. The largest absolute Gasteiger partial charge is 0.478 e. The summed E-state index contributed by atoms with van der Waals surface area (Å²) >= 11 is 0. The summed E-state index contributed by atoms with van der Waals surface area (Å²) in [5.74, 6) is -0.482. The first kappa shape index (κ1) is 21.6. The molecule has 5 nitrogen and oxygen atoms in total. The lowest BCUT2D eigenvalue weighted by Crippen LogP contribution is -2.27. The van der Waals surface area contributed by atoms with E-state index in [1.54, 1.807) is 12.1 Å². The first-order chi connectivity index (χ1) is 14.3. The third-order valence-corrected chi connectivity index (χ3v) is 5.53. The van der Waals surface area contributed by atoms with Crippen LogP contribution in [0.2, 0.25) is 0 Å². The van der Waals surface area contributed by atoms with E-state index in [1.807, 2.05) is 51.7 Å². The molecule has 1 N–H and O–H groups in total. The zero-order valence-electron chi connectivity index (χ0n) is 18.1. The third-order valence-electron chi connectivity index (χ3n) is 5.53. The number of hydrogen-bond acceptors (Lipinski definition) is 2. The first-order valence-electron chi connectivity index (χ1n) is 10.5. The molecule has 0 fully saturated rings. The maximum absolute atomic E-state index is 13.0. The number of carboxylic acid groups (broad SMARTS) is 1. The van der Waals surface area contributed by atoms with Crippen LogP contribution in [0, 0.1) is 5.92 Å². The van der Waals surface area contributed by atoms with Crippen molar-refractivity contribution in [2.24, 2.45) is 5.92 Å². The molecule has 3 aromatic rings. The van der Waals surface area contributed by atoms with Crippen LogP contribution in [-0.4, -0.2) is 20.2 Å². The van der Waals surface area contributed by atoms with Crippen molar-refractivity contribution < 1.29 is 9.90 Å². The van der Waals surface area contributed by atoms with Crippen LogP contribution in [0.15, 0.2) is 59.5 Å². The van der Waals surface area contributed by atoms with Gasteiger partial charge in [-0.2, -0.15) is 0 Å². The highest BCUT2D eigenvalue weighted by Crippen LogP contribution is 2.24. The number of aromatic nitrogens is 2. The third kappa shape index (κ3) is 4.56. The number of benzene rings is 2. The molecule has 5 heteroatoms. The Hall–Kier alpha value is -3.08. The minimum absolute atomic E-state index is 0.0281. The topological polar surface area (TPSA) is 64.2 Å². The number of imidazole rings is 1. The van der Waals surface area contributed by atoms with Crippen LogP contribution < -0.4 is 5.69 Å². The van der Waals surface area contributed by atoms with Gasteiger partial charge in [-0.3, -0.25) is 9.13 Å². The van der Waals surface area contributed by atoms with E-state index >= 15 is 0 Å². The van der Waals surface area contributed by atoms with Gasteiger partial charge in [-0.05, 0) is 48.4 Å². The standard InChI is InChI=1S/C25H30N2O3/c1-5-18(4)26-16-21(14-17(2)3)27(25(26)30)15-19-10-12-20(13-11-19)22-8-6-7-9-23(22)24(28)29/h6-13,16-18H,5,14-15H2,1-4H3,(H,28,29). The van der Waals surface area contributed by atoms with E-state index in [1.165, 1.54) is 0 Å². The number of nitrogens with zero attached hydrogens (tertiary/aromatic N) is 2. The minimum atomic E-state index is -0.939. The van der Waals surface area contributed by atoms with E-state index in [-0.39, 0.29) is 17.3 Å². The summed E-state index contributed by atoms with van der Waals surface area (Å²) in [5, 5.41) is 9.44. The summed E-state index contributed by atoms with van der Waals surface area (Å²) in [5.41, 5.74) is 3.92. The van der Waals surface area contributed by atoms with Crippen molar-refractivity contribution in [3.05, 3.63) is 82.0 Å². The van der Waals surface area contributed by atoms with Gasteiger partial charge in [-0.25, -0.2) is 9.59 Å². The van der Waals surface area contributed by atoms with Crippen molar-refractivity contribution in [2.75, 3.05) is 0 Å². The molecule has 0 amide bonds. The van der Waals surface area contributed by atoms with E-state index in [9.17, 15) is 14.7 Å². The number of carboxylic acids is 1. The van der Waals surface area contributed by atoms with Gasteiger partial charge < -0.3 is 5.11 Å². The average molecular weight is 407 g/mol. The molecule has 2 aromatic carbocycles. The van der Waals surface area contributed by atoms with Gasteiger partial charge in [0.25, 0.3) is 0 Å². The summed E-state index contributed by atoms with van der Waals surface area (Å²) in [6.45, 7) is 8.98. The number of carbonyl (C=O) groups is 1. The van der Waals surface area contributed by atoms with Crippen LogP contribution in [0.3, 0.4) is 0 Å². The molecule has 1 unspecified atom stereocenters. The molecular formula is C25H30N2O3. The second-order valence-electron chi connectivity index (χ2n) is 8.30. The lowest BCUT2D eigenvalue weighted by atomic mass is 9.98. The highest BCUT2D eigenvalue weighted by molar-refractivity contribution is 5.95. The zero-order chi connectivity index (χ0) is 21.8. The van der Waals surface area contributed by atoms with E-state index in [0.717, 1.165) is 29.7 Å². The number of aromatic carboxylic acids is 1. The fraction of sp³-hybridized carbons (Fsp3) is 0.360. The molecule has 0 bridgehead atoms. The molecule has 0 aliphatic carbocycles. The molecule has 0 saturated carbocycles. The Morgan fingerprint density at radius 2 is 1.70 bits per heavy atom. The van der Waals surface area contributed by atoms with Gasteiger partial charge in [0.15, 0.2) is 0 Å². The van der Waals surface area contributed by atoms with Crippen LogP contribution in [0.5, 0.6) is 0 Å². The minimum Gasteiger partial charge on any atom is -0.478 e. The van der Waals surface area contributed by atoms with E-state index < -0.39 is 5.97 Å². The molecule has 0 aliphatic rings. The van der Waals surface area contributed by atoms with Gasteiger partial charge in [-0.15, -0.1) is 0 Å². The maximum atomic E-state index is 13.0. The van der Waals surface area contributed by atoms with Crippen molar-refractivity contribution in [1.29, 1.82) is 0 Å². The average Bonchev–Trinajstić information content (AvgIpc) is 3.02. The molecule has 3 rings (SSSR count). The van der Waals surface area contributed by atoms with Gasteiger partial charge in [0.1, 0.15) is 0 Å². The molecule has 0 saturated heterocycles. The summed E-state index contributed by atoms with van der Waals surface area (Å²) in [7, 11) is 0. The van der Waals surface area contributed by atoms with Gasteiger partial charge in [0.05, 0.1) is 12.1 Å². The van der Waals surface area contributed by atoms with Crippen LogP contribution in [0.25, 0.3) is 11.1 Å². The zero-order valence-corrected chi connectivity index (χ0v) is 18.1.